The van der Waals surface area contributed by atoms with Gasteiger partial charge >= 0.3 is 5.97 Å². The van der Waals surface area contributed by atoms with Gasteiger partial charge in [-0.15, -0.1) is 0 Å². The molecule has 2 unspecified atom stereocenters. The summed E-state index contributed by atoms with van der Waals surface area (Å²) in [6, 6.07) is 7.18. The van der Waals surface area contributed by atoms with Crippen LogP contribution in [0.3, 0.4) is 0 Å². The van der Waals surface area contributed by atoms with Crippen LogP contribution in [-0.4, -0.2) is 31.6 Å². The van der Waals surface area contributed by atoms with Crippen molar-refractivity contribution in [2.24, 2.45) is 0 Å². The third-order valence-corrected chi connectivity index (χ3v) is 3.38. The Morgan fingerprint density at radius 3 is 2.65 bits per heavy atom. The van der Waals surface area contributed by atoms with Crippen LogP contribution in [0.5, 0.6) is 0 Å². The smallest absolute Gasteiger partial charge is 0.329 e. The molecule has 5 nitrogen and oxygen atoms in total. The summed E-state index contributed by atoms with van der Waals surface area (Å²) in [6.07, 6.45) is 0.313. The molecule has 1 saturated heterocycles. The molecule has 5 heteroatoms. The highest BCUT2D eigenvalue weighted by Crippen LogP contribution is 2.29. The Morgan fingerprint density at radius 2 is 2.05 bits per heavy atom. The number of hydrogen-bond acceptors (Lipinski definition) is 4. The maximum atomic E-state index is 11.9. The second-order valence-electron chi connectivity index (χ2n) is 4.78. The van der Waals surface area contributed by atoms with Gasteiger partial charge in [0.1, 0.15) is 6.04 Å². The Bertz CT molecular complexity index is 483. The number of benzene rings is 1. The molecule has 0 bridgehead atoms. The number of carbonyl (C=O) groups is 2. The van der Waals surface area contributed by atoms with Crippen LogP contribution >= 0.6 is 0 Å². The molecule has 20 heavy (non-hydrogen) atoms. The minimum atomic E-state index is -0.587. The molecule has 0 aliphatic carbocycles. The molecule has 0 spiro atoms. The predicted octanol–water partition coefficient (Wildman–Crippen LogP) is 1.37. The molecule has 1 aliphatic heterocycles. The van der Waals surface area contributed by atoms with Gasteiger partial charge in [0.2, 0.25) is 5.91 Å². The molecular formula is C15H19NO4. The zero-order chi connectivity index (χ0) is 14.5. The number of nitrogens with one attached hydrogen (secondary N) is 1. The van der Waals surface area contributed by atoms with E-state index in [1.54, 1.807) is 14.0 Å². The number of carbonyl (C=O) groups excluding carboxylic acids is 2. The lowest BCUT2D eigenvalue weighted by Crippen LogP contribution is -2.37. The Morgan fingerprint density at radius 1 is 1.35 bits per heavy atom. The van der Waals surface area contributed by atoms with Crippen LogP contribution in [0.1, 0.15) is 30.4 Å². The molecule has 0 aromatic heterocycles. The summed E-state index contributed by atoms with van der Waals surface area (Å²) < 4.78 is 10.1. The van der Waals surface area contributed by atoms with E-state index in [9.17, 15) is 9.59 Å². The average molecular weight is 277 g/mol. The van der Waals surface area contributed by atoms with Crippen molar-refractivity contribution in [3.05, 3.63) is 35.4 Å². The first-order chi connectivity index (χ1) is 9.65. The number of hydrogen-bond donors (Lipinski definition) is 1. The van der Waals surface area contributed by atoms with Gasteiger partial charge in [0, 0.05) is 19.4 Å². The summed E-state index contributed by atoms with van der Waals surface area (Å²) >= 11 is 0. The lowest BCUT2D eigenvalue weighted by molar-refractivity contribution is -0.146. The van der Waals surface area contributed by atoms with Gasteiger partial charge in [0.25, 0.3) is 0 Å². The minimum Gasteiger partial charge on any atom is -0.464 e. The predicted molar refractivity (Wildman–Crippen MR) is 73.1 cm³/mol. The Hall–Kier alpha value is -1.88. The SMILES string of the molecule is CCOC(=O)C1NC(=O)CC1c1ccc(COC)cc1. The highest BCUT2D eigenvalue weighted by molar-refractivity contribution is 5.90. The van der Waals surface area contributed by atoms with E-state index in [1.807, 2.05) is 24.3 Å². The molecule has 0 saturated carbocycles. The highest BCUT2D eigenvalue weighted by atomic mass is 16.5. The summed E-state index contributed by atoms with van der Waals surface area (Å²) in [5, 5.41) is 2.69. The van der Waals surface area contributed by atoms with Crippen LogP contribution in [0.4, 0.5) is 0 Å². The third kappa shape index (κ3) is 3.17. The van der Waals surface area contributed by atoms with Gasteiger partial charge in [-0.25, -0.2) is 4.79 Å². The summed E-state index contributed by atoms with van der Waals surface area (Å²) in [5.74, 6) is -0.656. The average Bonchev–Trinajstić information content (AvgIpc) is 2.82. The topological polar surface area (TPSA) is 64.6 Å². The van der Waals surface area contributed by atoms with Crippen LogP contribution in [-0.2, 0) is 25.7 Å². The molecule has 1 aliphatic rings. The molecule has 2 rings (SSSR count). The second-order valence-corrected chi connectivity index (χ2v) is 4.78. The maximum Gasteiger partial charge on any atom is 0.329 e. The van der Waals surface area contributed by atoms with Crippen molar-refractivity contribution in [3.63, 3.8) is 0 Å². The van der Waals surface area contributed by atoms with Gasteiger partial charge in [-0.3, -0.25) is 4.79 Å². The first-order valence-corrected chi connectivity index (χ1v) is 6.69. The Balaban J connectivity index is 2.16. The molecule has 1 N–H and O–H groups in total. The van der Waals surface area contributed by atoms with Crippen LogP contribution in [0.25, 0.3) is 0 Å². The number of esters is 1. The normalized spacial score (nSPS) is 21.6. The highest BCUT2D eigenvalue weighted by Gasteiger charge is 2.39. The van der Waals surface area contributed by atoms with E-state index in [2.05, 4.69) is 5.32 Å². The lowest BCUT2D eigenvalue weighted by atomic mass is 9.91. The van der Waals surface area contributed by atoms with Crippen LogP contribution in [0.15, 0.2) is 24.3 Å². The number of methoxy groups -OCH3 is 1. The maximum absolute atomic E-state index is 11.9. The molecule has 1 aromatic carbocycles. The van der Waals surface area contributed by atoms with Crippen molar-refractivity contribution < 1.29 is 19.1 Å². The van der Waals surface area contributed by atoms with Crippen LogP contribution in [0.2, 0.25) is 0 Å². The van der Waals surface area contributed by atoms with E-state index in [1.165, 1.54) is 0 Å². The van der Waals surface area contributed by atoms with E-state index >= 15 is 0 Å². The minimum absolute atomic E-state index is 0.117. The molecule has 0 radical (unpaired) electrons. The summed E-state index contributed by atoms with van der Waals surface area (Å²) in [7, 11) is 1.64. The Labute approximate surface area is 118 Å². The molecule has 1 heterocycles. The fraction of sp³-hybridized carbons (Fsp3) is 0.467. The largest absolute Gasteiger partial charge is 0.464 e. The lowest BCUT2D eigenvalue weighted by Gasteiger charge is -2.17. The monoisotopic (exact) mass is 277 g/mol. The summed E-state index contributed by atoms with van der Waals surface area (Å²) in [4.78, 5) is 23.5. The Kier molecular flexibility index (Phi) is 4.74. The van der Waals surface area contributed by atoms with Crippen molar-refractivity contribution in [3.8, 4) is 0 Å². The van der Waals surface area contributed by atoms with Crippen molar-refractivity contribution >= 4 is 11.9 Å². The molecule has 1 aromatic rings. The van der Waals surface area contributed by atoms with E-state index in [4.69, 9.17) is 9.47 Å². The van der Waals surface area contributed by atoms with Gasteiger partial charge in [-0.2, -0.15) is 0 Å². The fourth-order valence-corrected chi connectivity index (χ4v) is 2.44. The van der Waals surface area contributed by atoms with E-state index in [-0.39, 0.29) is 17.8 Å². The van der Waals surface area contributed by atoms with Crippen molar-refractivity contribution in [1.29, 1.82) is 0 Å². The fourth-order valence-electron chi connectivity index (χ4n) is 2.44. The first kappa shape index (κ1) is 14.5. The zero-order valence-corrected chi connectivity index (χ0v) is 11.7. The van der Waals surface area contributed by atoms with Gasteiger partial charge in [0.15, 0.2) is 0 Å². The summed E-state index contributed by atoms with van der Waals surface area (Å²) in [6.45, 7) is 2.61. The van der Waals surface area contributed by atoms with Crippen molar-refractivity contribution in [2.45, 2.75) is 31.9 Å². The van der Waals surface area contributed by atoms with Gasteiger partial charge in [-0.1, -0.05) is 24.3 Å². The van der Waals surface area contributed by atoms with Crippen LogP contribution < -0.4 is 5.32 Å². The standard InChI is InChI=1S/C15H19NO4/c1-3-20-15(18)14-12(8-13(17)16-14)11-6-4-10(5-7-11)9-19-2/h4-7,12,14H,3,8-9H2,1-2H3,(H,16,17). The number of amides is 1. The van der Waals surface area contributed by atoms with Gasteiger partial charge in [0.05, 0.1) is 13.2 Å². The molecule has 1 amide bonds. The number of rotatable bonds is 5. The molecular weight excluding hydrogens is 258 g/mol. The quantitative estimate of drug-likeness (QED) is 0.826. The van der Waals surface area contributed by atoms with E-state index in [0.717, 1.165) is 11.1 Å². The molecule has 2 atom stereocenters. The summed E-state index contributed by atoms with van der Waals surface area (Å²) in [5.41, 5.74) is 2.02. The van der Waals surface area contributed by atoms with Crippen molar-refractivity contribution in [2.75, 3.05) is 13.7 Å². The van der Waals surface area contributed by atoms with E-state index < -0.39 is 6.04 Å². The number of ether oxygens (including phenoxy) is 2. The first-order valence-electron chi connectivity index (χ1n) is 6.69. The van der Waals surface area contributed by atoms with Gasteiger partial charge < -0.3 is 14.8 Å². The zero-order valence-electron chi connectivity index (χ0n) is 11.7. The van der Waals surface area contributed by atoms with Gasteiger partial charge in [-0.05, 0) is 18.1 Å². The second kappa shape index (κ2) is 6.52. The van der Waals surface area contributed by atoms with Crippen molar-refractivity contribution in [1.82, 2.24) is 5.32 Å². The molecule has 108 valence electrons. The van der Waals surface area contributed by atoms with E-state index in [0.29, 0.717) is 19.6 Å². The molecule has 1 fully saturated rings. The third-order valence-electron chi connectivity index (χ3n) is 3.38. The van der Waals surface area contributed by atoms with Crippen LogP contribution in [0, 0.1) is 0 Å².